The molecular weight excluding hydrogens is 214 g/mol. The summed E-state index contributed by atoms with van der Waals surface area (Å²) in [6.07, 6.45) is 1.94. The van der Waals surface area contributed by atoms with Crippen LogP contribution in [0, 0.1) is 13.8 Å². The SMILES string of the molecule is Cc1ccc(CCNCCCC(=O)O)c(C)c1. The Kier molecular flexibility index (Phi) is 5.70. The van der Waals surface area contributed by atoms with Crippen molar-refractivity contribution >= 4 is 5.97 Å². The number of carboxylic acids is 1. The highest BCUT2D eigenvalue weighted by Gasteiger charge is 1.99. The number of aliphatic carboxylic acids is 1. The molecule has 0 saturated heterocycles. The van der Waals surface area contributed by atoms with E-state index in [0.29, 0.717) is 6.42 Å². The Labute approximate surface area is 103 Å². The molecule has 0 aliphatic carbocycles. The molecule has 1 rings (SSSR count). The summed E-state index contributed by atoms with van der Waals surface area (Å²) in [6, 6.07) is 6.50. The summed E-state index contributed by atoms with van der Waals surface area (Å²) in [5, 5.41) is 11.8. The first kappa shape index (κ1) is 13.7. The summed E-state index contributed by atoms with van der Waals surface area (Å²) in [7, 11) is 0. The molecule has 94 valence electrons. The Hall–Kier alpha value is -1.35. The van der Waals surface area contributed by atoms with Gasteiger partial charge in [-0.25, -0.2) is 0 Å². The molecule has 3 heteroatoms. The number of aryl methyl sites for hydroxylation is 2. The van der Waals surface area contributed by atoms with E-state index in [1.165, 1.54) is 16.7 Å². The first-order valence-electron chi connectivity index (χ1n) is 6.08. The van der Waals surface area contributed by atoms with Crippen LogP contribution in [0.15, 0.2) is 18.2 Å². The van der Waals surface area contributed by atoms with E-state index in [4.69, 9.17) is 5.11 Å². The van der Waals surface area contributed by atoms with Gasteiger partial charge in [0.15, 0.2) is 0 Å². The number of hydrogen-bond donors (Lipinski definition) is 2. The molecule has 3 nitrogen and oxygen atoms in total. The lowest BCUT2D eigenvalue weighted by atomic mass is 10.0. The van der Waals surface area contributed by atoms with Crippen molar-refractivity contribution in [3.63, 3.8) is 0 Å². The maximum Gasteiger partial charge on any atom is 0.303 e. The van der Waals surface area contributed by atoms with Gasteiger partial charge in [-0.1, -0.05) is 23.8 Å². The van der Waals surface area contributed by atoms with Crippen molar-refractivity contribution in [2.75, 3.05) is 13.1 Å². The molecule has 2 N–H and O–H groups in total. The molecule has 17 heavy (non-hydrogen) atoms. The summed E-state index contributed by atoms with van der Waals surface area (Å²) >= 11 is 0. The van der Waals surface area contributed by atoms with E-state index >= 15 is 0 Å². The van der Waals surface area contributed by atoms with Gasteiger partial charge in [0.2, 0.25) is 0 Å². The zero-order chi connectivity index (χ0) is 12.7. The van der Waals surface area contributed by atoms with Crippen molar-refractivity contribution in [1.82, 2.24) is 5.32 Å². The van der Waals surface area contributed by atoms with Crippen LogP contribution >= 0.6 is 0 Å². The van der Waals surface area contributed by atoms with Crippen LogP contribution in [-0.4, -0.2) is 24.2 Å². The number of hydrogen-bond acceptors (Lipinski definition) is 2. The molecular formula is C14H21NO2. The van der Waals surface area contributed by atoms with Crippen molar-refractivity contribution in [1.29, 1.82) is 0 Å². The van der Waals surface area contributed by atoms with Gasteiger partial charge in [0, 0.05) is 6.42 Å². The van der Waals surface area contributed by atoms with E-state index in [9.17, 15) is 4.79 Å². The average molecular weight is 235 g/mol. The first-order chi connectivity index (χ1) is 8.09. The van der Waals surface area contributed by atoms with Gasteiger partial charge in [-0.3, -0.25) is 4.79 Å². The number of rotatable bonds is 7. The van der Waals surface area contributed by atoms with E-state index in [1.54, 1.807) is 0 Å². The molecule has 0 aliphatic rings. The summed E-state index contributed by atoms with van der Waals surface area (Å²) in [5.41, 5.74) is 3.99. The summed E-state index contributed by atoms with van der Waals surface area (Å²) in [6.45, 7) is 5.91. The van der Waals surface area contributed by atoms with Gasteiger partial charge >= 0.3 is 5.97 Å². The minimum absolute atomic E-state index is 0.247. The number of nitrogens with one attached hydrogen (secondary N) is 1. The minimum atomic E-state index is -0.721. The second kappa shape index (κ2) is 7.07. The lowest BCUT2D eigenvalue weighted by Gasteiger charge is -2.07. The second-order valence-corrected chi connectivity index (χ2v) is 4.43. The van der Waals surface area contributed by atoms with Gasteiger partial charge in [0.1, 0.15) is 0 Å². The Balaban J connectivity index is 2.20. The molecule has 0 unspecified atom stereocenters. The quantitative estimate of drug-likeness (QED) is 0.713. The smallest absolute Gasteiger partial charge is 0.303 e. The predicted molar refractivity (Wildman–Crippen MR) is 69.4 cm³/mol. The highest BCUT2D eigenvalue weighted by Crippen LogP contribution is 2.10. The zero-order valence-corrected chi connectivity index (χ0v) is 10.6. The fourth-order valence-corrected chi connectivity index (χ4v) is 1.84. The van der Waals surface area contributed by atoms with Crippen molar-refractivity contribution in [2.45, 2.75) is 33.1 Å². The normalized spacial score (nSPS) is 10.5. The van der Waals surface area contributed by atoms with Crippen LogP contribution in [0.2, 0.25) is 0 Å². The van der Waals surface area contributed by atoms with Gasteiger partial charge in [0.25, 0.3) is 0 Å². The van der Waals surface area contributed by atoms with Crippen LogP contribution in [0.5, 0.6) is 0 Å². The highest BCUT2D eigenvalue weighted by atomic mass is 16.4. The fourth-order valence-electron chi connectivity index (χ4n) is 1.84. The van der Waals surface area contributed by atoms with Crippen LogP contribution in [0.3, 0.4) is 0 Å². The van der Waals surface area contributed by atoms with Crippen molar-refractivity contribution in [2.24, 2.45) is 0 Å². The third kappa shape index (κ3) is 5.50. The van der Waals surface area contributed by atoms with Gasteiger partial charge < -0.3 is 10.4 Å². The molecule has 0 aliphatic heterocycles. The maximum atomic E-state index is 10.3. The van der Waals surface area contributed by atoms with Crippen LogP contribution in [0.25, 0.3) is 0 Å². The topological polar surface area (TPSA) is 49.3 Å². The Morgan fingerprint density at radius 3 is 2.71 bits per heavy atom. The maximum absolute atomic E-state index is 10.3. The van der Waals surface area contributed by atoms with Crippen LogP contribution in [-0.2, 0) is 11.2 Å². The molecule has 0 amide bonds. The van der Waals surface area contributed by atoms with Gasteiger partial charge in [0.05, 0.1) is 0 Å². The van der Waals surface area contributed by atoms with Gasteiger partial charge in [-0.15, -0.1) is 0 Å². The molecule has 0 radical (unpaired) electrons. The largest absolute Gasteiger partial charge is 0.481 e. The Morgan fingerprint density at radius 1 is 1.29 bits per heavy atom. The monoisotopic (exact) mass is 235 g/mol. The Bertz CT molecular complexity index is 374. The van der Waals surface area contributed by atoms with Crippen molar-refractivity contribution in [3.8, 4) is 0 Å². The molecule has 0 aromatic heterocycles. The lowest BCUT2D eigenvalue weighted by Crippen LogP contribution is -2.19. The van der Waals surface area contributed by atoms with Gasteiger partial charge in [-0.05, 0) is 50.9 Å². The van der Waals surface area contributed by atoms with Gasteiger partial charge in [-0.2, -0.15) is 0 Å². The Morgan fingerprint density at radius 2 is 2.06 bits per heavy atom. The lowest BCUT2D eigenvalue weighted by molar-refractivity contribution is -0.137. The van der Waals surface area contributed by atoms with E-state index in [1.807, 2.05) is 0 Å². The third-order valence-electron chi connectivity index (χ3n) is 2.81. The van der Waals surface area contributed by atoms with E-state index in [-0.39, 0.29) is 6.42 Å². The van der Waals surface area contributed by atoms with Crippen LogP contribution in [0.1, 0.15) is 29.5 Å². The molecule has 1 aromatic carbocycles. The number of carboxylic acid groups (broad SMARTS) is 1. The number of carbonyl (C=O) groups is 1. The highest BCUT2D eigenvalue weighted by molar-refractivity contribution is 5.66. The molecule has 0 saturated carbocycles. The fraction of sp³-hybridized carbons (Fsp3) is 0.500. The molecule has 0 atom stereocenters. The standard InChI is InChI=1S/C14H21NO2/c1-11-5-6-13(12(2)10-11)7-9-15-8-3-4-14(16)17/h5-6,10,15H,3-4,7-9H2,1-2H3,(H,16,17). The summed E-state index contributed by atoms with van der Waals surface area (Å²) in [4.78, 5) is 10.3. The van der Waals surface area contributed by atoms with Crippen LogP contribution in [0.4, 0.5) is 0 Å². The zero-order valence-electron chi connectivity index (χ0n) is 10.6. The minimum Gasteiger partial charge on any atom is -0.481 e. The van der Waals surface area contributed by atoms with E-state index in [2.05, 4.69) is 37.4 Å². The van der Waals surface area contributed by atoms with E-state index in [0.717, 1.165) is 19.5 Å². The summed E-state index contributed by atoms with van der Waals surface area (Å²) < 4.78 is 0. The van der Waals surface area contributed by atoms with Crippen molar-refractivity contribution < 1.29 is 9.90 Å². The van der Waals surface area contributed by atoms with Crippen LogP contribution < -0.4 is 5.32 Å². The molecule has 1 aromatic rings. The third-order valence-corrected chi connectivity index (χ3v) is 2.81. The predicted octanol–water partition coefficient (Wildman–Crippen LogP) is 2.30. The average Bonchev–Trinajstić information content (AvgIpc) is 2.25. The molecule has 0 heterocycles. The molecule has 0 fully saturated rings. The molecule has 0 bridgehead atoms. The van der Waals surface area contributed by atoms with Crippen molar-refractivity contribution in [3.05, 3.63) is 34.9 Å². The van der Waals surface area contributed by atoms with E-state index < -0.39 is 5.97 Å². The number of benzene rings is 1. The summed E-state index contributed by atoms with van der Waals surface area (Å²) in [5.74, 6) is -0.721. The first-order valence-corrected chi connectivity index (χ1v) is 6.08. The second-order valence-electron chi connectivity index (χ2n) is 4.43. The molecule has 0 spiro atoms.